The number of hydrogen-bond donors (Lipinski definition) is 0. The monoisotopic (exact) mass is 132 g/mol. The summed E-state index contributed by atoms with van der Waals surface area (Å²) in [5, 5.41) is 6.90. The molecule has 0 aromatic carbocycles. The summed E-state index contributed by atoms with van der Waals surface area (Å²) in [6.07, 6.45) is 2.80. The van der Waals surface area contributed by atoms with E-state index >= 15 is 0 Å². The van der Waals surface area contributed by atoms with Crippen molar-refractivity contribution < 1.29 is 4.79 Å². The van der Waals surface area contributed by atoms with Crippen LogP contribution in [-0.4, -0.2) is 12.3 Å². The van der Waals surface area contributed by atoms with Gasteiger partial charge < -0.3 is 0 Å². The summed E-state index contributed by atoms with van der Waals surface area (Å²) in [4.78, 5) is 10.2. The number of rotatable bonds is 0. The van der Waals surface area contributed by atoms with Crippen LogP contribution in [0.3, 0.4) is 0 Å². The second kappa shape index (κ2) is 3.32. The van der Waals surface area contributed by atoms with Crippen molar-refractivity contribution in [1.29, 1.82) is 0 Å². The predicted octanol–water partition coefficient (Wildman–Crippen LogP) is 0.957. The number of hydrogen-bond acceptors (Lipinski definition) is 3. The average molecular weight is 133 g/mol. The third-order valence-corrected chi connectivity index (χ3v) is 0.635. The van der Waals surface area contributed by atoms with Gasteiger partial charge in [0.05, 0.1) is 6.20 Å². The van der Waals surface area contributed by atoms with Crippen LogP contribution in [0.25, 0.3) is 0 Å². The minimum absolute atomic E-state index is 0. The molecule has 1 aliphatic rings. The first-order valence-electron chi connectivity index (χ1n) is 1.95. The van der Waals surface area contributed by atoms with Crippen LogP contribution in [-0.2, 0) is 4.79 Å². The van der Waals surface area contributed by atoms with E-state index in [1.165, 1.54) is 12.3 Å². The molecule has 4 heteroatoms. The van der Waals surface area contributed by atoms with Crippen molar-refractivity contribution in [2.75, 3.05) is 6.54 Å². The Morgan fingerprint density at radius 1 is 1.62 bits per heavy atom. The summed E-state index contributed by atoms with van der Waals surface area (Å²) >= 11 is 0. The summed E-state index contributed by atoms with van der Waals surface area (Å²) in [6, 6.07) is 0. The van der Waals surface area contributed by atoms with Gasteiger partial charge in [-0.3, -0.25) is 4.79 Å². The predicted molar refractivity (Wildman–Crippen MR) is 31.1 cm³/mol. The van der Waals surface area contributed by atoms with Gasteiger partial charge in [0, 0.05) is 6.08 Å². The lowest BCUT2D eigenvalue weighted by Crippen LogP contribution is -1.98. The van der Waals surface area contributed by atoms with Gasteiger partial charge in [0.15, 0.2) is 5.78 Å². The van der Waals surface area contributed by atoms with E-state index in [1.807, 2.05) is 0 Å². The van der Waals surface area contributed by atoms with Crippen molar-refractivity contribution in [2.24, 2.45) is 10.2 Å². The normalized spacial score (nSPS) is 15.8. The van der Waals surface area contributed by atoms with Gasteiger partial charge in [-0.15, -0.1) is 12.4 Å². The number of azo groups is 1. The van der Waals surface area contributed by atoms with Crippen molar-refractivity contribution >= 4 is 18.2 Å². The molecule has 1 aliphatic heterocycles. The molecule has 0 aliphatic carbocycles. The molecule has 0 atom stereocenters. The molecule has 0 saturated carbocycles. The molecule has 0 amide bonds. The van der Waals surface area contributed by atoms with Crippen LogP contribution in [0.4, 0.5) is 0 Å². The van der Waals surface area contributed by atoms with Crippen LogP contribution in [0, 0.1) is 0 Å². The van der Waals surface area contributed by atoms with Crippen LogP contribution in [0.5, 0.6) is 0 Å². The zero-order valence-electron chi connectivity index (χ0n) is 4.07. The SMILES string of the molecule is Cl.O=C1C=CN=NC1. The van der Waals surface area contributed by atoms with Gasteiger partial charge in [0.25, 0.3) is 0 Å². The van der Waals surface area contributed by atoms with Gasteiger partial charge in [-0.25, -0.2) is 0 Å². The maximum Gasteiger partial charge on any atom is 0.180 e. The molecule has 0 unspecified atom stereocenters. The molecule has 0 aromatic rings. The van der Waals surface area contributed by atoms with Crippen molar-refractivity contribution in [3.63, 3.8) is 0 Å². The zero-order chi connectivity index (χ0) is 5.11. The van der Waals surface area contributed by atoms with Crippen molar-refractivity contribution in [3.8, 4) is 0 Å². The summed E-state index contributed by atoms with van der Waals surface area (Å²) in [5.41, 5.74) is 0. The Kier molecular flexibility index (Phi) is 3.03. The second-order valence-corrected chi connectivity index (χ2v) is 1.20. The molecule has 0 bridgehead atoms. The van der Waals surface area contributed by atoms with E-state index < -0.39 is 0 Å². The van der Waals surface area contributed by atoms with Crippen molar-refractivity contribution in [2.45, 2.75) is 0 Å². The van der Waals surface area contributed by atoms with Gasteiger partial charge >= 0.3 is 0 Å². The summed E-state index contributed by atoms with van der Waals surface area (Å²) < 4.78 is 0. The minimum atomic E-state index is 0. The minimum Gasteiger partial charge on any atom is -0.293 e. The topological polar surface area (TPSA) is 41.8 Å². The molecule has 1 rings (SSSR count). The average Bonchev–Trinajstić information content (AvgIpc) is 1.69. The standard InChI is InChI=1S/C4H4N2O.ClH/c7-4-1-2-5-6-3-4;/h1-2H,3H2;1H. The highest BCUT2D eigenvalue weighted by atomic mass is 35.5. The lowest BCUT2D eigenvalue weighted by atomic mass is 10.4. The molecule has 0 fully saturated rings. The third-order valence-electron chi connectivity index (χ3n) is 0.635. The van der Waals surface area contributed by atoms with Crippen molar-refractivity contribution in [3.05, 3.63) is 12.3 Å². The van der Waals surface area contributed by atoms with Gasteiger partial charge in [-0.05, 0) is 0 Å². The number of nitrogens with zero attached hydrogens (tertiary/aromatic N) is 2. The first-order valence-corrected chi connectivity index (χ1v) is 1.95. The Morgan fingerprint density at radius 3 is 2.62 bits per heavy atom. The van der Waals surface area contributed by atoms with Crippen LogP contribution >= 0.6 is 12.4 Å². The molecule has 1 heterocycles. The van der Waals surface area contributed by atoms with Gasteiger partial charge in [-0.2, -0.15) is 10.2 Å². The van der Waals surface area contributed by atoms with Gasteiger partial charge in [-0.1, -0.05) is 0 Å². The zero-order valence-corrected chi connectivity index (χ0v) is 4.89. The van der Waals surface area contributed by atoms with E-state index in [1.54, 1.807) is 0 Å². The molecule has 0 saturated heterocycles. The fourth-order valence-corrected chi connectivity index (χ4v) is 0.327. The summed E-state index contributed by atoms with van der Waals surface area (Å²) in [6.45, 7) is 0.219. The van der Waals surface area contributed by atoms with Crippen molar-refractivity contribution in [1.82, 2.24) is 0 Å². The molecular formula is C4H5ClN2O. The van der Waals surface area contributed by atoms with E-state index in [0.717, 1.165) is 0 Å². The Hall–Kier alpha value is -0.700. The molecule has 0 N–H and O–H groups in total. The summed E-state index contributed by atoms with van der Waals surface area (Å²) in [5.74, 6) is 0.0231. The first kappa shape index (κ1) is 7.30. The molecule has 8 heavy (non-hydrogen) atoms. The van der Waals surface area contributed by atoms with Crippen LogP contribution in [0.1, 0.15) is 0 Å². The van der Waals surface area contributed by atoms with Gasteiger partial charge in [0.1, 0.15) is 6.54 Å². The number of carbonyl (C=O) groups is 1. The first-order chi connectivity index (χ1) is 3.39. The van der Waals surface area contributed by atoms with Gasteiger partial charge in [0.2, 0.25) is 0 Å². The Balaban J connectivity index is 0.000000490. The number of carbonyl (C=O) groups excluding carboxylic acids is 1. The fraction of sp³-hybridized carbons (Fsp3) is 0.250. The van der Waals surface area contributed by atoms with E-state index in [0.29, 0.717) is 0 Å². The highest BCUT2D eigenvalue weighted by Crippen LogP contribution is 1.88. The summed E-state index contributed by atoms with van der Waals surface area (Å²) in [7, 11) is 0. The maximum atomic E-state index is 10.2. The van der Waals surface area contributed by atoms with E-state index in [4.69, 9.17) is 0 Å². The highest BCUT2D eigenvalue weighted by Gasteiger charge is 1.94. The van der Waals surface area contributed by atoms with Crippen LogP contribution in [0.2, 0.25) is 0 Å². The molecule has 0 aromatic heterocycles. The largest absolute Gasteiger partial charge is 0.293 e. The molecule has 3 nitrogen and oxygen atoms in total. The smallest absolute Gasteiger partial charge is 0.180 e. The molecular weight excluding hydrogens is 128 g/mol. The van der Waals surface area contributed by atoms with E-state index in [9.17, 15) is 4.79 Å². The Bertz CT molecular complexity index is 141. The Morgan fingerprint density at radius 2 is 2.38 bits per heavy atom. The Labute approximate surface area is 52.9 Å². The van der Waals surface area contributed by atoms with Crippen LogP contribution < -0.4 is 0 Å². The quantitative estimate of drug-likeness (QED) is 0.484. The fourth-order valence-electron chi connectivity index (χ4n) is 0.327. The third kappa shape index (κ3) is 1.84. The molecule has 44 valence electrons. The van der Waals surface area contributed by atoms with Crippen LogP contribution in [0.15, 0.2) is 22.5 Å². The molecule has 0 radical (unpaired) electrons. The lowest BCUT2D eigenvalue weighted by molar-refractivity contribution is -0.113. The highest BCUT2D eigenvalue weighted by molar-refractivity contribution is 5.91. The second-order valence-electron chi connectivity index (χ2n) is 1.20. The molecule has 0 spiro atoms. The van der Waals surface area contributed by atoms with E-state index in [2.05, 4.69) is 10.2 Å². The number of halogens is 1. The lowest BCUT2D eigenvalue weighted by Gasteiger charge is -1.87. The maximum absolute atomic E-state index is 10.2. The van der Waals surface area contributed by atoms with E-state index in [-0.39, 0.29) is 24.7 Å². The number of ketones is 1.